The quantitative estimate of drug-likeness (QED) is 0.811. The number of thioether (sulfide) groups is 1. The smallest absolute Gasteiger partial charge is 0.316 e. The van der Waals surface area contributed by atoms with Crippen molar-refractivity contribution < 1.29 is 14.3 Å². The minimum atomic E-state index is -0.349. The Morgan fingerprint density at radius 2 is 2.17 bits per heavy atom. The topological polar surface area (TPSA) is 79.2 Å². The highest BCUT2D eigenvalue weighted by molar-refractivity contribution is 8.03. The Kier molecular flexibility index (Phi) is 6.24. The molecule has 0 saturated carbocycles. The maximum atomic E-state index is 12.0. The van der Waals surface area contributed by atoms with Crippen LogP contribution in [-0.2, 0) is 14.3 Å². The second-order valence-electron chi connectivity index (χ2n) is 5.08. The predicted octanol–water partition coefficient (Wildman–Crippen LogP) is 2.71. The summed E-state index contributed by atoms with van der Waals surface area (Å²) >= 11 is 1.14. The van der Waals surface area contributed by atoms with Gasteiger partial charge in [0, 0.05) is 12.3 Å². The van der Waals surface area contributed by atoms with E-state index in [1.165, 1.54) is 0 Å². The third-order valence-electron chi connectivity index (χ3n) is 3.36. The Morgan fingerprint density at radius 3 is 2.83 bits per heavy atom. The van der Waals surface area contributed by atoms with Crippen LogP contribution in [0.4, 0.5) is 0 Å². The van der Waals surface area contributed by atoms with Gasteiger partial charge in [-0.15, -0.1) is 0 Å². The van der Waals surface area contributed by atoms with Crippen LogP contribution in [0.3, 0.4) is 0 Å². The van der Waals surface area contributed by atoms with Crippen molar-refractivity contribution in [3.8, 4) is 6.07 Å². The number of amides is 1. The number of allylic oxidation sites excluding steroid dienone is 1. The number of hydrogen-bond acceptors (Lipinski definition) is 5. The first-order chi connectivity index (χ1) is 11.2. The molecule has 1 heterocycles. The molecule has 0 aromatic heterocycles. The van der Waals surface area contributed by atoms with Crippen molar-refractivity contribution in [1.29, 1.82) is 5.26 Å². The molecule has 120 valence electrons. The van der Waals surface area contributed by atoms with E-state index in [0.717, 1.165) is 23.7 Å². The van der Waals surface area contributed by atoms with Gasteiger partial charge < -0.3 is 10.1 Å². The molecule has 1 aromatic carbocycles. The molecule has 0 unspecified atom stereocenters. The normalized spacial score (nSPS) is 17.4. The Hall–Kier alpha value is -2.26. The first-order valence-electron chi connectivity index (χ1n) is 7.43. The van der Waals surface area contributed by atoms with E-state index in [1.807, 2.05) is 37.3 Å². The van der Waals surface area contributed by atoms with Crippen LogP contribution in [0.25, 0.3) is 0 Å². The summed E-state index contributed by atoms with van der Waals surface area (Å²) in [5, 5.41) is 12.6. The number of hydrogen-bond donors (Lipinski definition) is 1. The molecule has 6 heteroatoms. The third kappa shape index (κ3) is 4.60. The zero-order valence-corrected chi connectivity index (χ0v) is 13.7. The third-order valence-corrected chi connectivity index (χ3v) is 4.35. The molecule has 1 aliphatic heterocycles. The zero-order chi connectivity index (χ0) is 16.7. The van der Waals surface area contributed by atoms with Crippen LogP contribution >= 0.6 is 11.8 Å². The molecule has 0 fully saturated rings. The summed E-state index contributed by atoms with van der Waals surface area (Å²) < 4.78 is 5.01. The fourth-order valence-electron chi connectivity index (χ4n) is 2.29. The second-order valence-corrected chi connectivity index (χ2v) is 6.06. The number of benzene rings is 1. The summed E-state index contributed by atoms with van der Waals surface area (Å²) in [5.74, 6) is -0.702. The van der Waals surface area contributed by atoms with Gasteiger partial charge in [-0.25, -0.2) is 0 Å². The molecule has 0 bridgehead atoms. The predicted molar refractivity (Wildman–Crippen MR) is 88.3 cm³/mol. The average Bonchev–Trinajstić information content (AvgIpc) is 2.58. The van der Waals surface area contributed by atoms with Crippen molar-refractivity contribution in [3.63, 3.8) is 0 Å². The maximum absolute atomic E-state index is 12.0. The number of nitriles is 1. The fraction of sp³-hybridized carbons (Fsp3) is 0.353. The van der Waals surface area contributed by atoms with Crippen molar-refractivity contribution in [1.82, 2.24) is 5.32 Å². The van der Waals surface area contributed by atoms with Crippen LogP contribution in [0.2, 0.25) is 0 Å². The van der Waals surface area contributed by atoms with Gasteiger partial charge in [-0.05, 0) is 12.0 Å². The van der Waals surface area contributed by atoms with Crippen molar-refractivity contribution >= 4 is 23.6 Å². The Balaban J connectivity index is 2.17. The van der Waals surface area contributed by atoms with Crippen LogP contribution in [-0.4, -0.2) is 24.2 Å². The minimum Gasteiger partial charge on any atom is -0.465 e. The standard InChI is InChI=1S/C17H18N2O3S/c1-2-8-22-16(21)11-23-17-14(10-18)13(9-15(20)19-17)12-6-4-3-5-7-12/h3-7,13H,2,8-9,11H2,1H3,(H,19,20)/t13-/m0/s1. The number of carbonyl (C=O) groups excluding carboxylic acids is 2. The average molecular weight is 330 g/mol. The van der Waals surface area contributed by atoms with E-state index in [2.05, 4.69) is 11.4 Å². The molecule has 0 saturated heterocycles. The molecule has 1 atom stereocenters. The van der Waals surface area contributed by atoms with Gasteiger partial charge in [0.05, 0.1) is 29.0 Å². The largest absolute Gasteiger partial charge is 0.465 e. The zero-order valence-electron chi connectivity index (χ0n) is 12.9. The molecule has 1 aromatic rings. The molecular weight excluding hydrogens is 312 g/mol. The van der Waals surface area contributed by atoms with Gasteiger partial charge >= 0.3 is 5.97 Å². The number of rotatable bonds is 6. The summed E-state index contributed by atoms with van der Waals surface area (Å²) in [4.78, 5) is 23.6. The second kappa shape index (κ2) is 8.39. The summed E-state index contributed by atoms with van der Waals surface area (Å²) in [7, 11) is 0. The van der Waals surface area contributed by atoms with E-state index in [4.69, 9.17) is 4.74 Å². The number of carbonyl (C=O) groups is 2. The SMILES string of the molecule is CCCOC(=O)CSC1=C(C#N)[C@H](c2ccccc2)CC(=O)N1. The van der Waals surface area contributed by atoms with Crippen LogP contribution in [0.5, 0.6) is 0 Å². The Labute approximate surface area is 139 Å². The molecule has 0 spiro atoms. The van der Waals surface area contributed by atoms with Gasteiger partial charge in [-0.3, -0.25) is 9.59 Å². The van der Waals surface area contributed by atoms with Gasteiger partial charge in [0.25, 0.3) is 0 Å². The van der Waals surface area contributed by atoms with Crippen LogP contribution < -0.4 is 5.32 Å². The molecule has 23 heavy (non-hydrogen) atoms. The number of nitrogens with one attached hydrogen (secondary N) is 1. The van der Waals surface area contributed by atoms with Crippen LogP contribution in [0.1, 0.15) is 31.2 Å². The fourth-order valence-corrected chi connectivity index (χ4v) is 3.17. The van der Waals surface area contributed by atoms with Crippen LogP contribution in [0, 0.1) is 11.3 Å². The van der Waals surface area contributed by atoms with Gasteiger partial charge in [-0.2, -0.15) is 5.26 Å². The molecule has 1 amide bonds. The van der Waals surface area contributed by atoms with E-state index in [-0.39, 0.29) is 30.0 Å². The highest BCUT2D eigenvalue weighted by atomic mass is 32.2. The van der Waals surface area contributed by atoms with Crippen LogP contribution in [0.15, 0.2) is 40.9 Å². The van der Waals surface area contributed by atoms with E-state index in [9.17, 15) is 14.9 Å². The lowest BCUT2D eigenvalue weighted by Gasteiger charge is -2.24. The molecule has 5 nitrogen and oxygen atoms in total. The molecule has 1 N–H and O–H groups in total. The van der Waals surface area contributed by atoms with Gasteiger partial charge in [0.2, 0.25) is 5.91 Å². The van der Waals surface area contributed by atoms with E-state index in [0.29, 0.717) is 17.2 Å². The molecule has 1 aliphatic rings. The number of nitrogens with zero attached hydrogens (tertiary/aromatic N) is 1. The van der Waals surface area contributed by atoms with Crippen molar-refractivity contribution in [2.24, 2.45) is 0 Å². The lowest BCUT2D eigenvalue weighted by molar-refractivity contribution is -0.140. The lowest BCUT2D eigenvalue weighted by Crippen LogP contribution is -2.31. The summed E-state index contributed by atoms with van der Waals surface area (Å²) in [6, 6.07) is 11.6. The first-order valence-corrected chi connectivity index (χ1v) is 8.41. The highest BCUT2D eigenvalue weighted by Gasteiger charge is 2.29. The monoisotopic (exact) mass is 330 g/mol. The van der Waals surface area contributed by atoms with E-state index in [1.54, 1.807) is 0 Å². The molecule has 0 aliphatic carbocycles. The highest BCUT2D eigenvalue weighted by Crippen LogP contribution is 2.35. The number of ether oxygens (including phenoxy) is 1. The van der Waals surface area contributed by atoms with Gasteiger partial charge in [0.1, 0.15) is 0 Å². The van der Waals surface area contributed by atoms with Gasteiger partial charge in [-0.1, -0.05) is 49.0 Å². The first kappa shape index (κ1) is 17.1. The Morgan fingerprint density at radius 1 is 1.43 bits per heavy atom. The molecule has 2 rings (SSSR count). The lowest BCUT2D eigenvalue weighted by atomic mass is 9.87. The van der Waals surface area contributed by atoms with Crippen molar-refractivity contribution in [3.05, 3.63) is 46.5 Å². The molecular formula is C17H18N2O3S. The summed E-state index contributed by atoms with van der Waals surface area (Å²) in [5.41, 5.74) is 1.41. The molecule has 0 radical (unpaired) electrons. The Bertz CT molecular complexity index is 650. The van der Waals surface area contributed by atoms with Crippen molar-refractivity contribution in [2.75, 3.05) is 12.4 Å². The number of esters is 1. The minimum absolute atomic E-state index is 0.0717. The van der Waals surface area contributed by atoms with E-state index < -0.39 is 0 Å². The summed E-state index contributed by atoms with van der Waals surface area (Å²) in [6.45, 7) is 2.30. The summed E-state index contributed by atoms with van der Waals surface area (Å²) in [6.07, 6.45) is 0.993. The maximum Gasteiger partial charge on any atom is 0.316 e. The van der Waals surface area contributed by atoms with Crippen molar-refractivity contribution in [2.45, 2.75) is 25.7 Å². The van der Waals surface area contributed by atoms with Gasteiger partial charge in [0.15, 0.2) is 0 Å². The van der Waals surface area contributed by atoms with E-state index >= 15 is 0 Å².